The molecule has 0 saturated carbocycles. The Kier molecular flexibility index (Phi) is 11.6. The number of unbranched alkanes of at least 4 members (excludes halogenated alkanes) is 5. The molecule has 0 N–H and O–H groups in total. The SMILES string of the molecule is C=CCCCCC#CCCCCBr. The highest BCUT2D eigenvalue weighted by Gasteiger charge is 1.83. The normalized spacial score (nSPS) is 9.00. The smallest absolute Gasteiger partial charge is 0.00889 e. The van der Waals surface area contributed by atoms with E-state index in [0.717, 1.165) is 24.6 Å². The van der Waals surface area contributed by atoms with Gasteiger partial charge in [-0.05, 0) is 32.1 Å². The van der Waals surface area contributed by atoms with E-state index in [9.17, 15) is 0 Å². The summed E-state index contributed by atoms with van der Waals surface area (Å²) >= 11 is 3.40. The van der Waals surface area contributed by atoms with Crippen molar-refractivity contribution in [1.29, 1.82) is 0 Å². The van der Waals surface area contributed by atoms with Gasteiger partial charge in [-0.2, -0.15) is 0 Å². The van der Waals surface area contributed by atoms with Crippen molar-refractivity contribution in [2.24, 2.45) is 0 Å². The number of hydrogen-bond donors (Lipinski definition) is 0. The average Bonchev–Trinajstić information content (AvgIpc) is 2.16. The molecule has 0 spiro atoms. The largest absolute Gasteiger partial charge is 0.103 e. The van der Waals surface area contributed by atoms with E-state index in [2.05, 4.69) is 34.3 Å². The zero-order valence-electron chi connectivity index (χ0n) is 8.32. The van der Waals surface area contributed by atoms with Gasteiger partial charge in [0.1, 0.15) is 0 Å². The lowest BCUT2D eigenvalue weighted by molar-refractivity contribution is 0.771. The lowest BCUT2D eigenvalue weighted by atomic mass is 10.2. The molecular formula is C12H19Br. The lowest BCUT2D eigenvalue weighted by Gasteiger charge is -1.90. The average molecular weight is 243 g/mol. The summed E-state index contributed by atoms with van der Waals surface area (Å²) in [5.74, 6) is 6.40. The van der Waals surface area contributed by atoms with Crippen molar-refractivity contribution in [1.82, 2.24) is 0 Å². The van der Waals surface area contributed by atoms with Gasteiger partial charge >= 0.3 is 0 Å². The topological polar surface area (TPSA) is 0 Å². The minimum Gasteiger partial charge on any atom is -0.103 e. The molecule has 0 aliphatic rings. The fourth-order valence-electron chi connectivity index (χ4n) is 0.987. The van der Waals surface area contributed by atoms with E-state index in [-0.39, 0.29) is 0 Å². The van der Waals surface area contributed by atoms with E-state index in [0.29, 0.717) is 0 Å². The van der Waals surface area contributed by atoms with Gasteiger partial charge in [0.05, 0.1) is 0 Å². The summed E-state index contributed by atoms with van der Waals surface area (Å²) in [6, 6.07) is 0. The van der Waals surface area contributed by atoms with Gasteiger partial charge < -0.3 is 0 Å². The molecule has 13 heavy (non-hydrogen) atoms. The molecule has 0 bridgehead atoms. The van der Waals surface area contributed by atoms with Crippen LogP contribution in [0.3, 0.4) is 0 Å². The van der Waals surface area contributed by atoms with Gasteiger partial charge in [0.25, 0.3) is 0 Å². The fourth-order valence-corrected chi connectivity index (χ4v) is 1.38. The Hall–Kier alpha value is -0.220. The standard InChI is InChI=1S/C12H19Br/c1-2-3-4-5-6-7-8-9-10-11-12-13/h2H,1,3-6,9-12H2. The Morgan fingerprint density at radius 2 is 1.62 bits per heavy atom. The van der Waals surface area contributed by atoms with Crippen LogP contribution in [0.4, 0.5) is 0 Å². The summed E-state index contributed by atoms with van der Waals surface area (Å²) < 4.78 is 0. The third kappa shape index (κ3) is 11.8. The maximum atomic E-state index is 3.69. The van der Waals surface area contributed by atoms with Crippen LogP contribution in [0.5, 0.6) is 0 Å². The molecule has 0 unspecified atom stereocenters. The predicted octanol–water partition coefficient (Wildman–Crippen LogP) is 4.30. The molecule has 0 radical (unpaired) electrons. The van der Waals surface area contributed by atoms with Crippen LogP contribution < -0.4 is 0 Å². The van der Waals surface area contributed by atoms with Crippen LogP contribution in [0, 0.1) is 11.8 Å². The molecule has 0 aromatic heterocycles. The number of alkyl halides is 1. The highest BCUT2D eigenvalue weighted by Crippen LogP contribution is 2.00. The van der Waals surface area contributed by atoms with Crippen LogP contribution in [-0.4, -0.2) is 5.33 Å². The van der Waals surface area contributed by atoms with E-state index in [1.54, 1.807) is 0 Å². The first kappa shape index (κ1) is 12.8. The Morgan fingerprint density at radius 3 is 2.15 bits per heavy atom. The Labute approximate surface area is 90.9 Å². The molecular weight excluding hydrogens is 224 g/mol. The van der Waals surface area contributed by atoms with Crippen LogP contribution in [0.25, 0.3) is 0 Å². The van der Waals surface area contributed by atoms with Crippen molar-refractivity contribution in [3.63, 3.8) is 0 Å². The molecule has 0 atom stereocenters. The van der Waals surface area contributed by atoms with Crippen LogP contribution in [0.2, 0.25) is 0 Å². The van der Waals surface area contributed by atoms with Crippen molar-refractivity contribution in [2.45, 2.75) is 44.9 Å². The summed E-state index contributed by atoms with van der Waals surface area (Å²) in [5.41, 5.74) is 0. The van der Waals surface area contributed by atoms with Crippen LogP contribution in [-0.2, 0) is 0 Å². The first-order chi connectivity index (χ1) is 6.41. The van der Waals surface area contributed by atoms with Crippen molar-refractivity contribution in [3.8, 4) is 11.8 Å². The summed E-state index contributed by atoms with van der Waals surface area (Å²) in [6.45, 7) is 3.69. The second-order valence-electron chi connectivity index (χ2n) is 3.03. The molecule has 0 aromatic carbocycles. The lowest BCUT2D eigenvalue weighted by Crippen LogP contribution is -1.75. The second-order valence-corrected chi connectivity index (χ2v) is 3.83. The first-order valence-electron chi connectivity index (χ1n) is 5.04. The monoisotopic (exact) mass is 242 g/mol. The van der Waals surface area contributed by atoms with Gasteiger partial charge in [-0.25, -0.2) is 0 Å². The number of hydrogen-bond acceptors (Lipinski definition) is 0. The second kappa shape index (κ2) is 11.8. The Morgan fingerprint density at radius 1 is 1.00 bits per heavy atom. The summed E-state index contributed by atoms with van der Waals surface area (Å²) in [7, 11) is 0. The van der Waals surface area contributed by atoms with Gasteiger partial charge in [0.2, 0.25) is 0 Å². The molecule has 0 nitrogen and oxygen atoms in total. The molecule has 0 aliphatic heterocycles. The Bertz CT molecular complexity index is 162. The van der Waals surface area contributed by atoms with Crippen LogP contribution in [0.1, 0.15) is 44.9 Å². The number of rotatable bonds is 7. The number of halogens is 1. The molecule has 0 amide bonds. The Balaban J connectivity index is 3.06. The molecule has 0 aromatic rings. The van der Waals surface area contributed by atoms with E-state index in [4.69, 9.17) is 0 Å². The van der Waals surface area contributed by atoms with E-state index < -0.39 is 0 Å². The minimum atomic E-state index is 1.06. The maximum Gasteiger partial charge on any atom is 0.00889 e. The predicted molar refractivity (Wildman–Crippen MR) is 64.1 cm³/mol. The number of allylic oxidation sites excluding steroid dienone is 1. The van der Waals surface area contributed by atoms with Crippen molar-refractivity contribution in [3.05, 3.63) is 12.7 Å². The van der Waals surface area contributed by atoms with E-state index >= 15 is 0 Å². The molecule has 0 rings (SSSR count). The third-order valence-corrected chi connectivity index (χ3v) is 2.33. The molecule has 0 aliphatic carbocycles. The summed E-state index contributed by atoms with van der Waals surface area (Å²) in [5, 5.41) is 1.11. The summed E-state index contributed by atoms with van der Waals surface area (Å²) in [6.07, 6.45) is 10.1. The van der Waals surface area contributed by atoms with Gasteiger partial charge in [0.15, 0.2) is 0 Å². The fraction of sp³-hybridized carbons (Fsp3) is 0.667. The zero-order chi connectivity index (χ0) is 9.78. The molecule has 0 fully saturated rings. The zero-order valence-corrected chi connectivity index (χ0v) is 9.91. The van der Waals surface area contributed by atoms with Gasteiger partial charge in [-0.3, -0.25) is 0 Å². The van der Waals surface area contributed by atoms with Crippen molar-refractivity contribution >= 4 is 15.9 Å². The maximum absolute atomic E-state index is 3.69. The van der Waals surface area contributed by atoms with Gasteiger partial charge in [-0.15, -0.1) is 18.4 Å². The first-order valence-corrected chi connectivity index (χ1v) is 6.16. The highest BCUT2D eigenvalue weighted by atomic mass is 79.9. The summed E-state index contributed by atoms with van der Waals surface area (Å²) in [4.78, 5) is 0. The van der Waals surface area contributed by atoms with Gasteiger partial charge in [-0.1, -0.05) is 22.0 Å². The van der Waals surface area contributed by atoms with E-state index in [1.807, 2.05) is 6.08 Å². The minimum absolute atomic E-state index is 1.06. The molecule has 0 heterocycles. The van der Waals surface area contributed by atoms with Crippen LogP contribution in [0.15, 0.2) is 12.7 Å². The molecule has 74 valence electrons. The van der Waals surface area contributed by atoms with E-state index in [1.165, 1.54) is 25.7 Å². The molecule has 0 saturated heterocycles. The highest BCUT2D eigenvalue weighted by molar-refractivity contribution is 9.09. The van der Waals surface area contributed by atoms with Crippen molar-refractivity contribution in [2.75, 3.05) is 5.33 Å². The molecule has 1 heteroatoms. The van der Waals surface area contributed by atoms with Gasteiger partial charge in [0, 0.05) is 18.2 Å². The quantitative estimate of drug-likeness (QED) is 0.270. The van der Waals surface area contributed by atoms with Crippen LogP contribution >= 0.6 is 15.9 Å². The van der Waals surface area contributed by atoms with Crippen molar-refractivity contribution < 1.29 is 0 Å². The third-order valence-electron chi connectivity index (χ3n) is 1.77.